The Labute approximate surface area is 173 Å². The molecule has 4 rings (SSSR count). The van der Waals surface area contributed by atoms with Gasteiger partial charge in [-0.05, 0) is 16.8 Å². The van der Waals surface area contributed by atoms with Crippen LogP contribution in [0.3, 0.4) is 0 Å². The molecule has 0 aliphatic carbocycles. The highest BCUT2D eigenvalue weighted by molar-refractivity contribution is 6.46. The number of methoxy groups -OCH3 is 1. The SMILES string of the molecule is COCCN1C(=O)C(=O)/C(=C(/O)c2cccc3ccccc23)C1c1ccccc1F. The van der Waals surface area contributed by atoms with E-state index >= 15 is 0 Å². The van der Waals surface area contributed by atoms with Gasteiger partial charge in [0.2, 0.25) is 0 Å². The summed E-state index contributed by atoms with van der Waals surface area (Å²) >= 11 is 0. The maximum Gasteiger partial charge on any atom is 0.295 e. The van der Waals surface area contributed by atoms with Crippen LogP contribution < -0.4 is 0 Å². The van der Waals surface area contributed by atoms with Gasteiger partial charge in [0.1, 0.15) is 11.6 Å². The van der Waals surface area contributed by atoms with E-state index in [0.29, 0.717) is 5.56 Å². The molecule has 152 valence electrons. The first-order chi connectivity index (χ1) is 14.5. The maximum atomic E-state index is 14.7. The predicted molar refractivity (Wildman–Crippen MR) is 111 cm³/mol. The number of ether oxygens (including phenoxy) is 1. The average Bonchev–Trinajstić information content (AvgIpc) is 3.01. The van der Waals surface area contributed by atoms with Gasteiger partial charge in [0.15, 0.2) is 0 Å². The number of aliphatic hydroxyl groups is 1. The summed E-state index contributed by atoms with van der Waals surface area (Å²) in [6.45, 7) is 0.263. The van der Waals surface area contributed by atoms with Crippen LogP contribution in [0.2, 0.25) is 0 Å². The summed E-state index contributed by atoms with van der Waals surface area (Å²) in [6, 6.07) is 17.6. The molecule has 30 heavy (non-hydrogen) atoms. The standard InChI is InChI=1S/C24H20FNO4/c1-30-14-13-26-21(18-10-4-5-12-19(18)25)20(23(28)24(26)29)22(27)17-11-6-8-15-7-2-3-9-16(15)17/h2-12,21,27H,13-14H2,1H3/b22-20+. The Morgan fingerprint density at radius 1 is 1.03 bits per heavy atom. The highest BCUT2D eigenvalue weighted by Crippen LogP contribution is 2.41. The molecule has 1 atom stereocenters. The third-order valence-corrected chi connectivity index (χ3v) is 5.32. The summed E-state index contributed by atoms with van der Waals surface area (Å²) in [7, 11) is 1.48. The number of ketones is 1. The van der Waals surface area contributed by atoms with Gasteiger partial charge in [0.25, 0.3) is 11.7 Å². The van der Waals surface area contributed by atoms with Crippen LogP contribution in [-0.4, -0.2) is 42.0 Å². The molecule has 1 aliphatic rings. The molecular formula is C24H20FNO4. The second-order valence-electron chi connectivity index (χ2n) is 7.03. The van der Waals surface area contributed by atoms with Crippen LogP contribution in [0, 0.1) is 5.82 Å². The first-order valence-electron chi connectivity index (χ1n) is 9.54. The number of carbonyl (C=O) groups is 2. The zero-order chi connectivity index (χ0) is 21.3. The normalized spacial score (nSPS) is 18.3. The number of aliphatic hydroxyl groups excluding tert-OH is 1. The zero-order valence-electron chi connectivity index (χ0n) is 16.3. The van der Waals surface area contributed by atoms with E-state index in [0.717, 1.165) is 10.8 Å². The second-order valence-corrected chi connectivity index (χ2v) is 7.03. The smallest absolute Gasteiger partial charge is 0.295 e. The summed E-state index contributed by atoms with van der Waals surface area (Å²) in [4.78, 5) is 27.0. The number of fused-ring (bicyclic) bond motifs is 1. The number of carbonyl (C=O) groups excluding carboxylic acids is 2. The molecule has 0 spiro atoms. The largest absolute Gasteiger partial charge is 0.507 e. The lowest BCUT2D eigenvalue weighted by atomic mass is 9.93. The Bertz CT molecular complexity index is 1170. The van der Waals surface area contributed by atoms with Gasteiger partial charge in [-0.1, -0.05) is 60.7 Å². The Balaban J connectivity index is 1.96. The van der Waals surface area contributed by atoms with Gasteiger partial charge in [-0.15, -0.1) is 0 Å². The lowest BCUT2D eigenvalue weighted by Gasteiger charge is -2.25. The van der Waals surface area contributed by atoms with E-state index in [1.165, 1.54) is 30.2 Å². The van der Waals surface area contributed by atoms with Crippen molar-refractivity contribution >= 4 is 28.2 Å². The summed E-state index contributed by atoms with van der Waals surface area (Å²) < 4.78 is 19.8. The van der Waals surface area contributed by atoms with E-state index in [1.807, 2.05) is 30.3 Å². The fourth-order valence-electron chi connectivity index (χ4n) is 3.90. The van der Waals surface area contributed by atoms with Crippen LogP contribution in [0.25, 0.3) is 16.5 Å². The molecule has 1 saturated heterocycles. The predicted octanol–water partition coefficient (Wildman–Crippen LogP) is 4.05. The number of halogens is 1. The summed E-state index contributed by atoms with van der Waals surface area (Å²) in [5, 5.41) is 12.8. The number of likely N-dealkylation sites (tertiary alicyclic amines) is 1. The lowest BCUT2D eigenvalue weighted by molar-refractivity contribution is -0.140. The molecule has 0 radical (unpaired) electrons. The number of benzene rings is 3. The third-order valence-electron chi connectivity index (χ3n) is 5.32. The molecule has 1 aliphatic heterocycles. The van der Waals surface area contributed by atoms with Crippen LogP contribution in [0.4, 0.5) is 4.39 Å². The number of nitrogens with zero attached hydrogens (tertiary/aromatic N) is 1. The summed E-state index contributed by atoms with van der Waals surface area (Å²) in [6.07, 6.45) is 0. The molecule has 0 aromatic heterocycles. The van der Waals surface area contributed by atoms with Crippen molar-refractivity contribution in [1.29, 1.82) is 0 Å². The fourth-order valence-corrected chi connectivity index (χ4v) is 3.90. The number of hydrogen-bond donors (Lipinski definition) is 1. The lowest BCUT2D eigenvalue weighted by Crippen LogP contribution is -2.33. The second kappa shape index (κ2) is 8.08. The van der Waals surface area contributed by atoms with Crippen molar-refractivity contribution in [1.82, 2.24) is 4.90 Å². The van der Waals surface area contributed by atoms with Crippen LogP contribution in [0.1, 0.15) is 17.2 Å². The minimum absolute atomic E-state index is 0.0897. The molecule has 1 fully saturated rings. The Morgan fingerprint density at radius 2 is 1.73 bits per heavy atom. The summed E-state index contributed by atoms with van der Waals surface area (Å²) in [5.74, 6) is -2.51. The van der Waals surface area contributed by atoms with Crippen molar-refractivity contribution in [3.05, 3.63) is 89.2 Å². The quantitative estimate of drug-likeness (QED) is 0.395. The van der Waals surface area contributed by atoms with Gasteiger partial charge < -0.3 is 14.7 Å². The maximum absolute atomic E-state index is 14.7. The van der Waals surface area contributed by atoms with Gasteiger partial charge in [-0.3, -0.25) is 9.59 Å². The topological polar surface area (TPSA) is 66.8 Å². The number of rotatable bonds is 5. The highest BCUT2D eigenvalue weighted by Gasteiger charge is 2.46. The van der Waals surface area contributed by atoms with Crippen molar-refractivity contribution < 1.29 is 23.8 Å². The molecule has 3 aromatic rings. The van der Waals surface area contributed by atoms with E-state index < -0.39 is 23.5 Å². The zero-order valence-corrected chi connectivity index (χ0v) is 16.3. The minimum Gasteiger partial charge on any atom is -0.507 e. The Kier molecular flexibility index (Phi) is 5.33. The molecule has 1 heterocycles. The number of Topliss-reactive ketones (excluding diaryl/α,β-unsaturated/α-hetero) is 1. The first kappa shape index (κ1) is 19.8. The average molecular weight is 405 g/mol. The Morgan fingerprint density at radius 3 is 2.50 bits per heavy atom. The van der Waals surface area contributed by atoms with E-state index in [2.05, 4.69) is 0 Å². The van der Waals surface area contributed by atoms with Gasteiger partial charge in [0, 0.05) is 24.8 Å². The fraction of sp³-hybridized carbons (Fsp3) is 0.167. The molecule has 1 unspecified atom stereocenters. The molecule has 0 bridgehead atoms. The van der Waals surface area contributed by atoms with Crippen molar-refractivity contribution in [2.75, 3.05) is 20.3 Å². The molecule has 6 heteroatoms. The molecule has 1 N–H and O–H groups in total. The van der Waals surface area contributed by atoms with Gasteiger partial charge >= 0.3 is 0 Å². The molecular weight excluding hydrogens is 385 g/mol. The Hall–Kier alpha value is -3.51. The van der Waals surface area contributed by atoms with E-state index in [4.69, 9.17) is 4.74 Å². The van der Waals surface area contributed by atoms with Crippen molar-refractivity contribution in [3.63, 3.8) is 0 Å². The number of hydrogen-bond acceptors (Lipinski definition) is 4. The van der Waals surface area contributed by atoms with Crippen molar-refractivity contribution in [2.24, 2.45) is 0 Å². The summed E-state index contributed by atoms with van der Waals surface area (Å²) in [5.41, 5.74) is 0.436. The van der Waals surface area contributed by atoms with Gasteiger partial charge in [-0.25, -0.2) is 4.39 Å². The first-order valence-corrected chi connectivity index (χ1v) is 9.54. The third kappa shape index (κ3) is 3.25. The monoisotopic (exact) mass is 405 g/mol. The van der Waals surface area contributed by atoms with Gasteiger partial charge in [-0.2, -0.15) is 0 Å². The minimum atomic E-state index is -1.04. The van der Waals surface area contributed by atoms with Crippen LogP contribution in [0.15, 0.2) is 72.3 Å². The molecule has 0 saturated carbocycles. The van der Waals surface area contributed by atoms with Crippen LogP contribution >= 0.6 is 0 Å². The van der Waals surface area contributed by atoms with Crippen LogP contribution in [0.5, 0.6) is 0 Å². The van der Waals surface area contributed by atoms with Crippen LogP contribution in [-0.2, 0) is 14.3 Å². The van der Waals surface area contributed by atoms with Gasteiger partial charge in [0.05, 0.1) is 18.2 Å². The molecule has 1 amide bonds. The van der Waals surface area contributed by atoms with Crippen molar-refractivity contribution in [2.45, 2.75) is 6.04 Å². The van der Waals surface area contributed by atoms with E-state index in [1.54, 1.807) is 18.2 Å². The van der Waals surface area contributed by atoms with Crippen molar-refractivity contribution in [3.8, 4) is 0 Å². The highest BCUT2D eigenvalue weighted by atomic mass is 19.1. The van der Waals surface area contributed by atoms with E-state index in [9.17, 15) is 19.1 Å². The molecule has 5 nitrogen and oxygen atoms in total. The number of amides is 1. The van der Waals surface area contributed by atoms with E-state index in [-0.39, 0.29) is 30.0 Å². The molecule has 3 aromatic carbocycles.